The van der Waals surface area contributed by atoms with Crippen molar-refractivity contribution in [3.63, 3.8) is 0 Å². The summed E-state index contributed by atoms with van der Waals surface area (Å²) in [6.07, 6.45) is -4.78. The van der Waals surface area contributed by atoms with Crippen molar-refractivity contribution >= 4 is 21.8 Å². The summed E-state index contributed by atoms with van der Waals surface area (Å²) in [7, 11) is 1.32. The van der Waals surface area contributed by atoms with Crippen LogP contribution in [0.5, 0.6) is 23.0 Å². The van der Waals surface area contributed by atoms with E-state index in [1.807, 2.05) is 0 Å². The third-order valence-corrected chi connectivity index (χ3v) is 4.33. The zero-order valence-electron chi connectivity index (χ0n) is 15.3. The van der Waals surface area contributed by atoms with Gasteiger partial charge in [-0.1, -0.05) is 0 Å². The first-order valence-corrected chi connectivity index (χ1v) is 8.60. The van der Waals surface area contributed by atoms with E-state index in [4.69, 9.17) is 9.47 Å². The molecule has 9 heteroatoms. The Morgan fingerprint density at radius 2 is 1.47 bits per heavy atom. The van der Waals surface area contributed by atoms with Crippen molar-refractivity contribution in [2.24, 2.45) is 0 Å². The molecule has 1 heterocycles. The largest absolute Gasteiger partial charge is 0.573 e. The van der Waals surface area contributed by atoms with Crippen LogP contribution in [0, 0.1) is 5.82 Å². The van der Waals surface area contributed by atoms with Crippen molar-refractivity contribution in [2.75, 3.05) is 7.11 Å². The van der Waals surface area contributed by atoms with Gasteiger partial charge in [-0.3, -0.25) is 4.79 Å². The highest BCUT2D eigenvalue weighted by molar-refractivity contribution is 5.93. The second-order valence-electron chi connectivity index (χ2n) is 6.32. The van der Waals surface area contributed by atoms with Gasteiger partial charge in [-0.05, 0) is 42.5 Å². The molecule has 1 aromatic heterocycles. The second-order valence-corrected chi connectivity index (χ2v) is 6.32. The molecule has 0 saturated heterocycles. The number of rotatable bonds is 4. The molecular formula is C21H13F4NO4. The highest BCUT2D eigenvalue weighted by Gasteiger charge is 2.31. The summed E-state index contributed by atoms with van der Waals surface area (Å²) < 4.78 is 65.1. The molecule has 0 spiro atoms. The van der Waals surface area contributed by atoms with E-state index in [2.05, 4.69) is 9.72 Å². The molecule has 4 aromatic rings. The van der Waals surface area contributed by atoms with Gasteiger partial charge in [-0.2, -0.15) is 0 Å². The summed E-state index contributed by atoms with van der Waals surface area (Å²) in [5.41, 5.74) is 0.466. The van der Waals surface area contributed by atoms with Crippen LogP contribution in [0.25, 0.3) is 21.8 Å². The zero-order valence-corrected chi connectivity index (χ0v) is 15.3. The Kier molecular flexibility index (Phi) is 4.73. The lowest BCUT2D eigenvalue weighted by Gasteiger charge is -2.11. The van der Waals surface area contributed by atoms with E-state index in [1.165, 1.54) is 37.4 Å². The van der Waals surface area contributed by atoms with Gasteiger partial charge in [0.05, 0.1) is 18.1 Å². The lowest BCUT2D eigenvalue weighted by molar-refractivity contribution is -0.274. The molecule has 0 aliphatic rings. The Morgan fingerprint density at radius 3 is 2.13 bits per heavy atom. The molecule has 5 nitrogen and oxygen atoms in total. The second kappa shape index (κ2) is 7.25. The summed E-state index contributed by atoms with van der Waals surface area (Å²) in [5, 5.41) is 0.503. The molecule has 0 unspecified atom stereocenters. The van der Waals surface area contributed by atoms with E-state index in [0.29, 0.717) is 22.2 Å². The summed E-state index contributed by atoms with van der Waals surface area (Å²) >= 11 is 0. The first kappa shape index (κ1) is 19.6. The number of aromatic amines is 1. The maximum Gasteiger partial charge on any atom is 0.573 e. The van der Waals surface area contributed by atoms with Gasteiger partial charge in [0.1, 0.15) is 17.2 Å². The molecule has 3 aromatic carbocycles. The van der Waals surface area contributed by atoms with E-state index in [1.54, 1.807) is 6.07 Å². The number of fused-ring (bicyclic) bond motifs is 2. The van der Waals surface area contributed by atoms with Crippen LogP contribution in [0.15, 0.2) is 59.4 Å². The van der Waals surface area contributed by atoms with Crippen LogP contribution in [-0.2, 0) is 0 Å². The monoisotopic (exact) mass is 419 g/mol. The maximum absolute atomic E-state index is 14.0. The highest BCUT2D eigenvalue weighted by Crippen LogP contribution is 2.29. The van der Waals surface area contributed by atoms with Gasteiger partial charge in [0, 0.05) is 22.9 Å². The molecule has 0 fully saturated rings. The van der Waals surface area contributed by atoms with Crippen molar-refractivity contribution in [3.8, 4) is 23.0 Å². The summed E-state index contributed by atoms with van der Waals surface area (Å²) in [5.74, 6) is -0.406. The minimum atomic E-state index is -4.78. The van der Waals surface area contributed by atoms with Crippen LogP contribution in [0.1, 0.15) is 0 Å². The number of ether oxygens (including phenoxy) is 3. The Hall–Kier alpha value is -3.75. The number of hydrogen-bond donors (Lipinski definition) is 1. The van der Waals surface area contributed by atoms with Crippen LogP contribution >= 0.6 is 0 Å². The quantitative estimate of drug-likeness (QED) is 0.350. The van der Waals surface area contributed by atoms with Crippen LogP contribution in [0.2, 0.25) is 0 Å². The van der Waals surface area contributed by atoms with Crippen molar-refractivity contribution in [3.05, 3.63) is 70.6 Å². The number of H-pyrrole nitrogens is 1. The van der Waals surface area contributed by atoms with Gasteiger partial charge in [0.2, 0.25) is 0 Å². The highest BCUT2D eigenvalue weighted by atomic mass is 19.4. The molecule has 1 N–H and O–H groups in total. The molecule has 0 aliphatic heterocycles. The Labute approximate surface area is 166 Å². The third kappa shape index (κ3) is 3.86. The van der Waals surface area contributed by atoms with Gasteiger partial charge >= 0.3 is 6.36 Å². The van der Waals surface area contributed by atoms with E-state index in [-0.39, 0.29) is 28.1 Å². The SMILES string of the molecule is COc1cc2[nH]c3cc(Oc4ccc(OC(F)(F)F)cc4)ccc3c(=O)c2cc1F. The Bertz CT molecular complexity index is 1300. The predicted octanol–water partition coefficient (Wildman–Crippen LogP) is 5.52. The molecule has 0 bridgehead atoms. The average Bonchev–Trinajstić information content (AvgIpc) is 2.69. The molecule has 4 rings (SSSR count). The number of pyridine rings is 1. The minimum absolute atomic E-state index is 0.00827. The first-order chi connectivity index (χ1) is 14.2. The van der Waals surface area contributed by atoms with Crippen molar-refractivity contribution in [2.45, 2.75) is 6.36 Å². The summed E-state index contributed by atoms with van der Waals surface area (Å²) in [4.78, 5) is 15.7. The molecule has 154 valence electrons. The number of aromatic nitrogens is 1. The fourth-order valence-corrected chi connectivity index (χ4v) is 3.02. The normalized spacial score (nSPS) is 11.6. The maximum atomic E-state index is 14.0. The average molecular weight is 419 g/mol. The van der Waals surface area contributed by atoms with Gasteiger partial charge in [0.25, 0.3) is 0 Å². The number of benzene rings is 3. The fraction of sp³-hybridized carbons (Fsp3) is 0.0952. The molecule has 0 radical (unpaired) electrons. The lowest BCUT2D eigenvalue weighted by atomic mass is 10.1. The van der Waals surface area contributed by atoms with E-state index in [9.17, 15) is 22.4 Å². The smallest absolute Gasteiger partial charge is 0.494 e. The fourth-order valence-electron chi connectivity index (χ4n) is 3.02. The van der Waals surface area contributed by atoms with Gasteiger partial charge in [-0.25, -0.2) is 4.39 Å². The molecule has 0 saturated carbocycles. The van der Waals surface area contributed by atoms with Crippen molar-refractivity contribution < 1.29 is 31.8 Å². The number of hydrogen-bond acceptors (Lipinski definition) is 4. The number of halogens is 4. The van der Waals surface area contributed by atoms with Crippen LogP contribution in [0.4, 0.5) is 17.6 Å². The molecular weight excluding hydrogens is 406 g/mol. The van der Waals surface area contributed by atoms with E-state index >= 15 is 0 Å². The molecule has 0 atom stereocenters. The van der Waals surface area contributed by atoms with Crippen LogP contribution < -0.4 is 19.6 Å². The Balaban J connectivity index is 1.68. The predicted molar refractivity (Wildman–Crippen MR) is 102 cm³/mol. The van der Waals surface area contributed by atoms with Crippen LogP contribution in [-0.4, -0.2) is 18.5 Å². The van der Waals surface area contributed by atoms with Gasteiger partial charge in [0.15, 0.2) is 17.0 Å². The number of nitrogens with one attached hydrogen (secondary N) is 1. The first-order valence-electron chi connectivity index (χ1n) is 8.60. The topological polar surface area (TPSA) is 60.6 Å². The number of alkyl halides is 3. The minimum Gasteiger partial charge on any atom is -0.494 e. The number of methoxy groups -OCH3 is 1. The molecule has 30 heavy (non-hydrogen) atoms. The lowest BCUT2D eigenvalue weighted by Crippen LogP contribution is -2.16. The van der Waals surface area contributed by atoms with Crippen LogP contribution in [0.3, 0.4) is 0 Å². The summed E-state index contributed by atoms with van der Waals surface area (Å²) in [6.45, 7) is 0. The standard InChI is InChI=1S/C21H13F4NO4/c1-28-19-10-18-15(9-16(19)22)20(27)14-7-6-13(8-17(14)26-18)29-11-2-4-12(5-3-11)30-21(23,24)25/h2-10H,1H3,(H,26,27). The van der Waals surface area contributed by atoms with E-state index < -0.39 is 12.2 Å². The van der Waals surface area contributed by atoms with Gasteiger partial charge < -0.3 is 19.2 Å². The Morgan fingerprint density at radius 1 is 0.833 bits per heavy atom. The van der Waals surface area contributed by atoms with Crippen molar-refractivity contribution in [1.29, 1.82) is 0 Å². The molecule has 0 aliphatic carbocycles. The zero-order chi connectivity index (χ0) is 21.5. The molecule has 0 amide bonds. The van der Waals surface area contributed by atoms with Crippen molar-refractivity contribution in [1.82, 2.24) is 4.98 Å². The van der Waals surface area contributed by atoms with Gasteiger partial charge in [-0.15, -0.1) is 13.2 Å². The van der Waals surface area contributed by atoms with E-state index in [0.717, 1.165) is 18.2 Å². The summed E-state index contributed by atoms with van der Waals surface area (Å²) in [6, 6.07) is 12.0. The third-order valence-electron chi connectivity index (χ3n) is 4.33.